The first kappa shape index (κ1) is 16.3. The van der Waals surface area contributed by atoms with E-state index in [1.807, 2.05) is 36.9 Å². The number of nitrogens with zero attached hydrogens (tertiary/aromatic N) is 1. The van der Waals surface area contributed by atoms with E-state index >= 15 is 0 Å². The summed E-state index contributed by atoms with van der Waals surface area (Å²) in [5.74, 6) is 0.634. The van der Waals surface area contributed by atoms with Crippen LogP contribution < -0.4 is 0 Å². The van der Waals surface area contributed by atoms with Crippen LogP contribution in [0.25, 0.3) is 0 Å². The number of benzene rings is 1. The predicted octanol–water partition coefficient (Wildman–Crippen LogP) is 3.25. The van der Waals surface area contributed by atoms with Crippen molar-refractivity contribution < 1.29 is 9.53 Å². The van der Waals surface area contributed by atoms with Gasteiger partial charge in [0, 0.05) is 19.5 Å². The highest BCUT2D eigenvalue weighted by Crippen LogP contribution is 2.22. The average molecular weight is 310 g/mol. The molecule has 2 rings (SSSR count). The van der Waals surface area contributed by atoms with Crippen molar-refractivity contribution in [2.75, 3.05) is 19.0 Å². The molecular weight excluding hydrogens is 286 g/mol. The summed E-state index contributed by atoms with van der Waals surface area (Å²) in [5.41, 5.74) is 0.971. The first-order chi connectivity index (χ1) is 10.00. The summed E-state index contributed by atoms with van der Waals surface area (Å²) < 4.78 is 5.85. The quantitative estimate of drug-likeness (QED) is 0.781. The zero-order valence-corrected chi connectivity index (χ0v) is 13.6. The molecule has 0 aliphatic carbocycles. The monoisotopic (exact) mass is 309 g/mol. The molecule has 1 heterocycles. The van der Waals surface area contributed by atoms with Crippen molar-refractivity contribution in [2.45, 2.75) is 44.8 Å². The lowest BCUT2D eigenvalue weighted by atomic mass is 10.0. The van der Waals surface area contributed by atoms with E-state index in [0.29, 0.717) is 25.4 Å². The first-order valence-corrected chi connectivity index (χ1v) is 8.09. The van der Waals surface area contributed by atoms with Crippen molar-refractivity contribution in [1.29, 1.82) is 0 Å². The molecule has 4 heteroatoms. The Kier molecular flexibility index (Phi) is 5.65. The fourth-order valence-electron chi connectivity index (χ4n) is 2.81. The Morgan fingerprint density at radius 2 is 2.10 bits per heavy atom. The van der Waals surface area contributed by atoms with Crippen LogP contribution in [0.1, 0.15) is 32.3 Å². The molecule has 1 aliphatic rings. The predicted molar refractivity (Wildman–Crippen MR) is 85.6 cm³/mol. The molecule has 0 saturated carbocycles. The average Bonchev–Trinajstić information content (AvgIpc) is 2.46. The number of halogens is 1. The second-order valence-electron chi connectivity index (χ2n) is 6.27. The van der Waals surface area contributed by atoms with Gasteiger partial charge >= 0.3 is 0 Å². The molecule has 0 spiro atoms. The number of ether oxygens (including phenoxy) is 1. The third-order valence-electron chi connectivity index (χ3n) is 3.71. The summed E-state index contributed by atoms with van der Waals surface area (Å²) in [6, 6.07) is 10.3. The van der Waals surface area contributed by atoms with Crippen LogP contribution >= 0.6 is 11.6 Å². The van der Waals surface area contributed by atoms with Gasteiger partial charge in [0.05, 0.1) is 17.6 Å². The molecule has 1 amide bonds. The maximum Gasteiger partial charge on any atom is 0.222 e. The molecule has 1 aliphatic heterocycles. The van der Waals surface area contributed by atoms with Gasteiger partial charge in [-0.1, -0.05) is 30.3 Å². The fourth-order valence-corrected chi connectivity index (χ4v) is 2.97. The number of hydrogen-bond donors (Lipinski definition) is 0. The van der Waals surface area contributed by atoms with Crippen LogP contribution in [0.3, 0.4) is 0 Å². The van der Waals surface area contributed by atoms with Gasteiger partial charge in [-0.25, -0.2) is 0 Å². The summed E-state index contributed by atoms with van der Waals surface area (Å²) in [6.45, 7) is 5.27. The number of carbonyl (C=O) groups excluding carboxylic acids is 1. The normalized spacial score (nSPS) is 21.3. The first-order valence-electron chi connectivity index (χ1n) is 7.56. The van der Waals surface area contributed by atoms with Crippen LogP contribution in [-0.4, -0.2) is 41.5 Å². The highest BCUT2D eigenvalue weighted by molar-refractivity contribution is 6.18. The van der Waals surface area contributed by atoms with Crippen molar-refractivity contribution in [3.8, 4) is 0 Å². The van der Waals surface area contributed by atoms with Crippen molar-refractivity contribution in [1.82, 2.24) is 4.90 Å². The van der Waals surface area contributed by atoms with Gasteiger partial charge in [0.2, 0.25) is 5.91 Å². The zero-order chi connectivity index (χ0) is 15.3. The SMILES string of the molecule is CC1(C)CN(C(=O)CCCc2ccccc2)CC(CCl)O1. The summed E-state index contributed by atoms with van der Waals surface area (Å²) in [7, 11) is 0. The Bertz CT molecular complexity index is 461. The Morgan fingerprint density at radius 1 is 1.38 bits per heavy atom. The van der Waals surface area contributed by atoms with Crippen LogP contribution in [0.15, 0.2) is 30.3 Å². The van der Waals surface area contributed by atoms with Crippen molar-refractivity contribution in [3.05, 3.63) is 35.9 Å². The van der Waals surface area contributed by atoms with Crippen molar-refractivity contribution in [2.24, 2.45) is 0 Å². The highest BCUT2D eigenvalue weighted by Gasteiger charge is 2.34. The molecule has 1 aromatic rings. The molecule has 0 N–H and O–H groups in total. The zero-order valence-electron chi connectivity index (χ0n) is 12.8. The molecule has 1 unspecified atom stereocenters. The fraction of sp³-hybridized carbons (Fsp3) is 0.588. The van der Waals surface area contributed by atoms with E-state index in [2.05, 4.69) is 12.1 Å². The van der Waals surface area contributed by atoms with Gasteiger partial charge in [0.15, 0.2) is 0 Å². The highest BCUT2D eigenvalue weighted by atomic mass is 35.5. The summed E-state index contributed by atoms with van der Waals surface area (Å²) in [4.78, 5) is 14.3. The topological polar surface area (TPSA) is 29.5 Å². The smallest absolute Gasteiger partial charge is 0.222 e. The number of amides is 1. The number of alkyl halides is 1. The molecule has 0 radical (unpaired) electrons. The van der Waals surface area contributed by atoms with Gasteiger partial charge < -0.3 is 9.64 Å². The lowest BCUT2D eigenvalue weighted by Gasteiger charge is -2.42. The lowest BCUT2D eigenvalue weighted by molar-refractivity contribution is -0.157. The number of carbonyl (C=O) groups is 1. The molecule has 0 aromatic heterocycles. The Labute approximate surface area is 132 Å². The van der Waals surface area contributed by atoms with E-state index in [1.165, 1.54) is 5.56 Å². The molecule has 1 saturated heterocycles. The molecule has 1 atom stereocenters. The van der Waals surface area contributed by atoms with Crippen molar-refractivity contribution in [3.63, 3.8) is 0 Å². The third kappa shape index (κ3) is 5.01. The van der Waals surface area contributed by atoms with Crippen LogP contribution in [0.2, 0.25) is 0 Å². The van der Waals surface area contributed by atoms with Crippen molar-refractivity contribution >= 4 is 17.5 Å². The van der Waals surface area contributed by atoms with Crippen LogP contribution in [0, 0.1) is 0 Å². The van der Waals surface area contributed by atoms with Gasteiger partial charge in [-0.2, -0.15) is 0 Å². The van der Waals surface area contributed by atoms with Gasteiger partial charge in [-0.05, 0) is 32.3 Å². The summed E-state index contributed by atoms with van der Waals surface area (Å²) in [5, 5.41) is 0. The van der Waals surface area contributed by atoms with E-state index in [4.69, 9.17) is 16.3 Å². The van der Waals surface area contributed by atoms with Gasteiger partial charge in [-0.3, -0.25) is 4.79 Å². The van der Waals surface area contributed by atoms with Gasteiger partial charge in [0.1, 0.15) is 0 Å². The van der Waals surface area contributed by atoms with Crippen LogP contribution in [0.5, 0.6) is 0 Å². The molecule has 116 valence electrons. The van der Waals surface area contributed by atoms with E-state index in [1.54, 1.807) is 0 Å². The maximum absolute atomic E-state index is 12.4. The molecule has 1 fully saturated rings. The molecule has 1 aromatic carbocycles. The minimum Gasteiger partial charge on any atom is -0.367 e. The molecule has 3 nitrogen and oxygen atoms in total. The number of aryl methyl sites for hydroxylation is 1. The molecule has 21 heavy (non-hydrogen) atoms. The third-order valence-corrected chi connectivity index (χ3v) is 4.05. The Balaban J connectivity index is 1.82. The van der Waals surface area contributed by atoms with Gasteiger partial charge in [-0.15, -0.1) is 11.6 Å². The van der Waals surface area contributed by atoms with Gasteiger partial charge in [0.25, 0.3) is 0 Å². The maximum atomic E-state index is 12.4. The van der Waals surface area contributed by atoms with E-state index < -0.39 is 0 Å². The molecular formula is C17H24ClNO2. The lowest BCUT2D eigenvalue weighted by Crippen LogP contribution is -2.55. The van der Waals surface area contributed by atoms with E-state index in [9.17, 15) is 4.79 Å². The van der Waals surface area contributed by atoms with Crippen LogP contribution in [-0.2, 0) is 16.0 Å². The second kappa shape index (κ2) is 7.28. The summed E-state index contributed by atoms with van der Waals surface area (Å²) in [6.07, 6.45) is 2.35. The largest absolute Gasteiger partial charge is 0.367 e. The number of morpholine rings is 1. The number of rotatable bonds is 5. The van der Waals surface area contributed by atoms with Crippen LogP contribution in [0.4, 0.5) is 0 Å². The standard InChI is InChI=1S/C17H24ClNO2/c1-17(2)13-19(12-15(11-18)21-17)16(20)10-6-9-14-7-4-3-5-8-14/h3-5,7-8,15H,6,9-13H2,1-2H3. The Morgan fingerprint density at radius 3 is 2.76 bits per heavy atom. The minimum atomic E-state index is -0.313. The van der Waals surface area contributed by atoms with E-state index in [0.717, 1.165) is 12.8 Å². The summed E-state index contributed by atoms with van der Waals surface area (Å²) >= 11 is 5.90. The molecule has 0 bridgehead atoms. The van der Waals surface area contributed by atoms with E-state index in [-0.39, 0.29) is 17.6 Å². The Hall–Kier alpha value is -1.06. The number of hydrogen-bond acceptors (Lipinski definition) is 2. The second-order valence-corrected chi connectivity index (χ2v) is 6.58. The minimum absolute atomic E-state index is 0.0616.